The molecule has 3 heteroatoms. The Morgan fingerprint density at radius 2 is 1.71 bits per heavy atom. The molecule has 3 nitrogen and oxygen atoms in total. The van der Waals surface area contributed by atoms with Crippen molar-refractivity contribution in [2.24, 2.45) is 11.8 Å². The molecule has 154 valence electrons. The van der Waals surface area contributed by atoms with Gasteiger partial charge in [-0.15, -0.1) is 0 Å². The fourth-order valence-corrected chi connectivity index (χ4v) is 4.92. The van der Waals surface area contributed by atoms with Crippen molar-refractivity contribution in [2.75, 3.05) is 19.0 Å². The molecular weight excluding hydrogens is 342 g/mol. The molecule has 1 aromatic carbocycles. The number of rotatable bonds is 8. The first-order chi connectivity index (χ1) is 13.6. The molecular formula is C25H39N3. The summed E-state index contributed by atoms with van der Waals surface area (Å²) < 4.78 is 0. The zero-order valence-electron chi connectivity index (χ0n) is 18.5. The van der Waals surface area contributed by atoms with Crippen LogP contribution in [0.3, 0.4) is 0 Å². The van der Waals surface area contributed by atoms with Crippen molar-refractivity contribution in [2.45, 2.75) is 84.0 Å². The molecule has 1 aliphatic rings. The quantitative estimate of drug-likeness (QED) is 0.462. The van der Waals surface area contributed by atoms with E-state index in [1.54, 1.807) is 0 Å². The summed E-state index contributed by atoms with van der Waals surface area (Å²) in [7, 11) is 4.14. The van der Waals surface area contributed by atoms with Crippen LogP contribution in [0.15, 0.2) is 24.3 Å². The summed E-state index contributed by atoms with van der Waals surface area (Å²) in [6, 6.07) is 8.37. The van der Waals surface area contributed by atoms with Gasteiger partial charge in [-0.1, -0.05) is 83.8 Å². The minimum absolute atomic E-state index is 0.418. The van der Waals surface area contributed by atoms with Crippen LogP contribution in [0, 0.1) is 11.8 Å². The number of nitrogens with zero attached hydrogens (tertiary/aromatic N) is 3. The van der Waals surface area contributed by atoms with E-state index in [0.717, 1.165) is 34.4 Å². The summed E-state index contributed by atoms with van der Waals surface area (Å²) in [4.78, 5) is 11.9. The molecule has 28 heavy (non-hydrogen) atoms. The smallest absolute Gasteiger partial charge is 0.139 e. The second kappa shape index (κ2) is 10.2. The van der Waals surface area contributed by atoms with Gasteiger partial charge in [0.1, 0.15) is 11.6 Å². The van der Waals surface area contributed by atoms with Crippen LogP contribution in [0.4, 0.5) is 5.82 Å². The van der Waals surface area contributed by atoms with Crippen LogP contribution in [0.1, 0.15) is 89.8 Å². The van der Waals surface area contributed by atoms with Crippen molar-refractivity contribution in [1.82, 2.24) is 9.97 Å². The molecule has 0 N–H and O–H groups in total. The van der Waals surface area contributed by atoms with Crippen molar-refractivity contribution < 1.29 is 0 Å². The highest BCUT2D eigenvalue weighted by Crippen LogP contribution is 2.33. The maximum Gasteiger partial charge on any atom is 0.139 e. The molecule has 0 spiro atoms. The second-order valence-electron chi connectivity index (χ2n) is 9.18. The molecule has 0 aliphatic heterocycles. The number of anilines is 1. The first-order valence-electron chi connectivity index (χ1n) is 11.5. The molecule has 1 fully saturated rings. The van der Waals surface area contributed by atoms with E-state index >= 15 is 0 Å². The predicted octanol–water partition coefficient (Wildman–Crippen LogP) is 6.97. The van der Waals surface area contributed by atoms with Gasteiger partial charge in [0.15, 0.2) is 0 Å². The zero-order valence-corrected chi connectivity index (χ0v) is 18.5. The topological polar surface area (TPSA) is 29.0 Å². The van der Waals surface area contributed by atoms with E-state index in [2.05, 4.69) is 57.1 Å². The van der Waals surface area contributed by atoms with Gasteiger partial charge in [-0.2, -0.15) is 0 Å². The molecule has 1 aromatic heterocycles. The van der Waals surface area contributed by atoms with Gasteiger partial charge in [-0.05, 0) is 30.4 Å². The van der Waals surface area contributed by atoms with Gasteiger partial charge in [-0.3, -0.25) is 0 Å². The number of hydrogen-bond acceptors (Lipinski definition) is 3. The zero-order chi connectivity index (χ0) is 19.9. The Hall–Kier alpha value is -1.64. The lowest BCUT2D eigenvalue weighted by Gasteiger charge is -2.19. The molecule has 0 bridgehead atoms. The fraction of sp³-hybridized carbons (Fsp3) is 0.680. The minimum atomic E-state index is 0.418. The van der Waals surface area contributed by atoms with Crippen molar-refractivity contribution in [3.8, 4) is 0 Å². The maximum absolute atomic E-state index is 4.93. The summed E-state index contributed by atoms with van der Waals surface area (Å²) in [6.45, 7) is 4.63. The van der Waals surface area contributed by atoms with E-state index in [1.165, 1.54) is 64.2 Å². The van der Waals surface area contributed by atoms with E-state index in [1.807, 2.05) is 0 Å². The number of para-hydroxylation sites is 1. The van der Waals surface area contributed by atoms with Gasteiger partial charge in [0.05, 0.1) is 5.52 Å². The van der Waals surface area contributed by atoms with Gasteiger partial charge in [0, 0.05) is 25.4 Å². The Labute approximate surface area is 172 Å². The van der Waals surface area contributed by atoms with Crippen LogP contribution in [0.2, 0.25) is 0 Å². The third-order valence-electron chi connectivity index (χ3n) is 6.62. The van der Waals surface area contributed by atoms with Crippen molar-refractivity contribution >= 4 is 16.7 Å². The molecule has 3 rings (SSSR count). The average Bonchev–Trinajstić information content (AvgIpc) is 2.92. The average molecular weight is 382 g/mol. The summed E-state index contributed by atoms with van der Waals surface area (Å²) in [5, 5.41) is 1.14. The van der Waals surface area contributed by atoms with E-state index in [0.29, 0.717) is 5.92 Å². The third-order valence-corrected chi connectivity index (χ3v) is 6.62. The van der Waals surface area contributed by atoms with E-state index < -0.39 is 0 Å². The summed E-state index contributed by atoms with van der Waals surface area (Å²) in [5.74, 6) is 4.42. The lowest BCUT2D eigenvalue weighted by molar-refractivity contribution is 0.381. The Balaban J connectivity index is 1.57. The van der Waals surface area contributed by atoms with Gasteiger partial charge in [-0.25, -0.2) is 9.97 Å². The molecule has 2 unspecified atom stereocenters. The van der Waals surface area contributed by atoms with Crippen LogP contribution >= 0.6 is 0 Å². The molecule has 3 atom stereocenters. The SMILES string of the molecule is CCC[C@H]1CCCC(CCCC(C)c2nc(N(C)C)c3ccccc3n2)CC1. The maximum atomic E-state index is 4.93. The summed E-state index contributed by atoms with van der Waals surface area (Å²) in [5.41, 5.74) is 1.06. The third kappa shape index (κ3) is 5.46. The highest BCUT2D eigenvalue weighted by Gasteiger charge is 2.19. The van der Waals surface area contributed by atoms with Gasteiger partial charge in [0.2, 0.25) is 0 Å². The van der Waals surface area contributed by atoms with Crippen molar-refractivity contribution in [3.63, 3.8) is 0 Å². The van der Waals surface area contributed by atoms with Crippen LogP contribution in [-0.4, -0.2) is 24.1 Å². The van der Waals surface area contributed by atoms with Crippen molar-refractivity contribution in [3.05, 3.63) is 30.1 Å². The lowest BCUT2D eigenvalue weighted by Crippen LogP contribution is -2.14. The van der Waals surface area contributed by atoms with Crippen LogP contribution in [-0.2, 0) is 0 Å². The number of aromatic nitrogens is 2. The predicted molar refractivity (Wildman–Crippen MR) is 121 cm³/mol. The minimum Gasteiger partial charge on any atom is -0.362 e. The van der Waals surface area contributed by atoms with E-state index in [4.69, 9.17) is 9.97 Å². The lowest BCUT2D eigenvalue weighted by atomic mass is 9.90. The van der Waals surface area contributed by atoms with Crippen LogP contribution < -0.4 is 4.90 Å². The highest BCUT2D eigenvalue weighted by atomic mass is 15.2. The molecule has 1 heterocycles. The fourth-order valence-electron chi connectivity index (χ4n) is 4.92. The molecule has 0 radical (unpaired) electrons. The molecule has 1 saturated carbocycles. The van der Waals surface area contributed by atoms with Gasteiger partial charge >= 0.3 is 0 Å². The Kier molecular flexibility index (Phi) is 7.70. The van der Waals surface area contributed by atoms with E-state index in [-0.39, 0.29) is 0 Å². The van der Waals surface area contributed by atoms with Gasteiger partial charge in [0.25, 0.3) is 0 Å². The highest BCUT2D eigenvalue weighted by molar-refractivity contribution is 5.89. The van der Waals surface area contributed by atoms with Crippen LogP contribution in [0.25, 0.3) is 10.9 Å². The molecule has 2 aromatic rings. The first kappa shape index (κ1) is 21.1. The first-order valence-corrected chi connectivity index (χ1v) is 11.5. The number of benzene rings is 1. The Bertz CT molecular complexity index is 740. The van der Waals surface area contributed by atoms with Crippen molar-refractivity contribution in [1.29, 1.82) is 0 Å². The van der Waals surface area contributed by atoms with Gasteiger partial charge < -0.3 is 4.90 Å². The summed E-state index contributed by atoms with van der Waals surface area (Å²) in [6.07, 6.45) is 14.0. The Morgan fingerprint density at radius 1 is 1.00 bits per heavy atom. The number of hydrogen-bond donors (Lipinski definition) is 0. The Morgan fingerprint density at radius 3 is 2.43 bits per heavy atom. The number of fused-ring (bicyclic) bond motifs is 1. The monoisotopic (exact) mass is 381 g/mol. The second-order valence-corrected chi connectivity index (χ2v) is 9.18. The van der Waals surface area contributed by atoms with E-state index in [9.17, 15) is 0 Å². The largest absolute Gasteiger partial charge is 0.362 e. The van der Waals surface area contributed by atoms with Crippen LogP contribution in [0.5, 0.6) is 0 Å². The summed E-state index contributed by atoms with van der Waals surface area (Å²) >= 11 is 0. The molecule has 0 amide bonds. The molecule has 1 aliphatic carbocycles. The normalized spacial score (nSPS) is 21.4. The molecule has 0 saturated heterocycles. The standard InChI is InChI=1S/C25H39N3/c1-5-10-20-13-9-14-21(18-17-20)12-8-11-19(2)24-26-23-16-7-6-15-22(23)25(27-24)28(3)4/h6-7,15-16,19-21H,5,8-14,17-18H2,1-4H3/t19?,20-,21?/m0/s1.